The predicted octanol–water partition coefficient (Wildman–Crippen LogP) is 1.88. The van der Waals surface area contributed by atoms with Crippen molar-refractivity contribution in [3.8, 4) is 0 Å². The van der Waals surface area contributed by atoms with E-state index in [9.17, 15) is 9.50 Å². The van der Waals surface area contributed by atoms with Crippen molar-refractivity contribution >= 4 is 17.0 Å². The van der Waals surface area contributed by atoms with E-state index in [1.807, 2.05) is 0 Å². The number of hydrogen-bond donors (Lipinski definition) is 3. The maximum Gasteiger partial charge on any atom is 0.201 e. The summed E-state index contributed by atoms with van der Waals surface area (Å²) < 4.78 is 12.9. The Hall–Kier alpha value is -1.62. The first kappa shape index (κ1) is 10.9. The molecule has 0 unspecified atom stereocenters. The Kier molecular flexibility index (Phi) is 2.55. The number of halogens is 1. The minimum Gasteiger partial charge on any atom is -0.389 e. The van der Waals surface area contributed by atoms with Crippen molar-refractivity contribution in [2.45, 2.75) is 19.4 Å². The summed E-state index contributed by atoms with van der Waals surface area (Å²) in [6.07, 6.45) is 0. The fraction of sp³-hybridized carbons (Fsp3) is 0.364. The lowest BCUT2D eigenvalue weighted by molar-refractivity contribution is 0.0943. The minimum absolute atomic E-state index is 0.301. The van der Waals surface area contributed by atoms with Gasteiger partial charge < -0.3 is 15.4 Å². The number of aromatic nitrogens is 2. The number of hydrogen-bond acceptors (Lipinski definition) is 3. The minimum atomic E-state index is -0.815. The summed E-state index contributed by atoms with van der Waals surface area (Å²) in [5.41, 5.74) is 0.516. The molecule has 3 N–H and O–H groups in total. The van der Waals surface area contributed by atoms with Crippen molar-refractivity contribution < 1.29 is 9.50 Å². The molecule has 0 spiro atoms. The molecule has 0 saturated heterocycles. The van der Waals surface area contributed by atoms with Gasteiger partial charge >= 0.3 is 0 Å². The summed E-state index contributed by atoms with van der Waals surface area (Å²) in [6, 6.07) is 4.36. The summed E-state index contributed by atoms with van der Waals surface area (Å²) in [5.74, 6) is 0.230. The Morgan fingerprint density at radius 3 is 2.94 bits per heavy atom. The summed E-state index contributed by atoms with van der Waals surface area (Å²) >= 11 is 0. The monoisotopic (exact) mass is 223 g/mol. The van der Waals surface area contributed by atoms with Crippen molar-refractivity contribution in [1.29, 1.82) is 0 Å². The molecule has 0 saturated carbocycles. The van der Waals surface area contributed by atoms with Gasteiger partial charge in [0.05, 0.1) is 16.6 Å². The maximum absolute atomic E-state index is 12.9. The summed E-state index contributed by atoms with van der Waals surface area (Å²) in [5, 5.41) is 12.5. The van der Waals surface area contributed by atoms with E-state index in [1.54, 1.807) is 19.9 Å². The Labute approximate surface area is 92.5 Å². The molecule has 0 atom stereocenters. The molecular weight excluding hydrogens is 209 g/mol. The average molecular weight is 223 g/mol. The van der Waals surface area contributed by atoms with Crippen molar-refractivity contribution in [3.05, 3.63) is 24.0 Å². The molecule has 2 aromatic rings. The zero-order valence-electron chi connectivity index (χ0n) is 9.21. The van der Waals surface area contributed by atoms with E-state index >= 15 is 0 Å². The molecule has 0 fully saturated rings. The van der Waals surface area contributed by atoms with Gasteiger partial charge in [-0.15, -0.1) is 0 Å². The van der Waals surface area contributed by atoms with Gasteiger partial charge in [0, 0.05) is 6.54 Å². The Balaban J connectivity index is 2.20. The van der Waals surface area contributed by atoms with Crippen molar-refractivity contribution in [3.63, 3.8) is 0 Å². The Morgan fingerprint density at radius 1 is 1.50 bits per heavy atom. The second kappa shape index (κ2) is 3.75. The highest BCUT2D eigenvalue weighted by Crippen LogP contribution is 2.15. The molecule has 4 nitrogen and oxygen atoms in total. The van der Waals surface area contributed by atoms with Gasteiger partial charge in [-0.2, -0.15) is 0 Å². The van der Waals surface area contributed by atoms with E-state index in [-0.39, 0.29) is 5.82 Å². The molecule has 86 valence electrons. The first-order valence-corrected chi connectivity index (χ1v) is 5.05. The first-order chi connectivity index (χ1) is 7.44. The van der Waals surface area contributed by atoms with Crippen molar-refractivity contribution in [2.75, 3.05) is 11.9 Å². The average Bonchev–Trinajstić information content (AvgIpc) is 2.55. The highest BCUT2D eigenvalue weighted by atomic mass is 19.1. The number of H-pyrrole nitrogens is 1. The number of fused-ring (bicyclic) bond motifs is 1. The molecule has 0 aliphatic carbocycles. The van der Waals surface area contributed by atoms with Crippen LogP contribution in [0.2, 0.25) is 0 Å². The molecule has 0 bridgehead atoms. The van der Waals surface area contributed by atoms with Crippen LogP contribution in [0.15, 0.2) is 18.2 Å². The molecule has 0 radical (unpaired) electrons. The van der Waals surface area contributed by atoms with Crippen LogP contribution in [0.1, 0.15) is 13.8 Å². The molecule has 5 heteroatoms. The zero-order valence-corrected chi connectivity index (χ0v) is 9.21. The third-order valence-electron chi connectivity index (χ3n) is 2.13. The van der Waals surface area contributed by atoms with Crippen LogP contribution in [0, 0.1) is 5.82 Å². The number of aromatic amines is 1. The topological polar surface area (TPSA) is 60.9 Å². The van der Waals surface area contributed by atoms with Gasteiger partial charge in [0.2, 0.25) is 5.95 Å². The fourth-order valence-corrected chi connectivity index (χ4v) is 1.37. The summed E-state index contributed by atoms with van der Waals surface area (Å²) in [4.78, 5) is 7.15. The van der Waals surface area contributed by atoms with Gasteiger partial charge in [-0.25, -0.2) is 9.37 Å². The van der Waals surface area contributed by atoms with Crippen LogP contribution < -0.4 is 5.32 Å². The molecule has 16 heavy (non-hydrogen) atoms. The fourth-order valence-electron chi connectivity index (χ4n) is 1.37. The Bertz CT molecular complexity index is 501. The summed E-state index contributed by atoms with van der Waals surface area (Å²) in [7, 11) is 0. The maximum atomic E-state index is 12.9. The molecule has 1 aromatic heterocycles. The van der Waals surface area contributed by atoms with Crippen LogP contribution in [0.5, 0.6) is 0 Å². The number of rotatable bonds is 3. The van der Waals surface area contributed by atoms with Gasteiger partial charge in [0.1, 0.15) is 5.82 Å². The van der Waals surface area contributed by atoms with Crippen LogP contribution in [0.25, 0.3) is 11.0 Å². The number of nitrogens with zero attached hydrogens (tertiary/aromatic N) is 1. The third-order valence-corrected chi connectivity index (χ3v) is 2.13. The standard InChI is InChI=1S/C11H14FN3O/c1-11(2,16)6-13-10-14-8-4-3-7(12)5-9(8)15-10/h3-5,16H,6H2,1-2H3,(H2,13,14,15). The van der Waals surface area contributed by atoms with Crippen LogP contribution >= 0.6 is 0 Å². The van der Waals surface area contributed by atoms with Crippen LogP contribution in [-0.2, 0) is 0 Å². The Morgan fingerprint density at radius 2 is 2.25 bits per heavy atom. The second-order valence-corrected chi connectivity index (χ2v) is 4.41. The summed E-state index contributed by atoms with van der Waals surface area (Å²) in [6.45, 7) is 3.76. The lowest BCUT2D eigenvalue weighted by Crippen LogP contribution is -2.29. The predicted molar refractivity (Wildman–Crippen MR) is 60.8 cm³/mol. The van der Waals surface area contributed by atoms with Gasteiger partial charge in [-0.05, 0) is 32.0 Å². The van der Waals surface area contributed by atoms with E-state index < -0.39 is 5.60 Å². The van der Waals surface area contributed by atoms with Crippen LogP contribution in [-0.4, -0.2) is 27.2 Å². The highest BCUT2D eigenvalue weighted by Gasteiger charge is 2.12. The zero-order chi connectivity index (χ0) is 11.8. The molecular formula is C11H14FN3O. The van der Waals surface area contributed by atoms with Gasteiger partial charge in [0.15, 0.2) is 0 Å². The molecule has 1 heterocycles. The quantitative estimate of drug-likeness (QED) is 0.744. The number of aliphatic hydroxyl groups is 1. The molecule has 0 aliphatic rings. The van der Waals surface area contributed by atoms with E-state index in [0.29, 0.717) is 23.5 Å². The number of anilines is 1. The van der Waals surface area contributed by atoms with E-state index in [4.69, 9.17) is 0 Å². The number of benzene rings is 1. The first-order valence-electron chi connectivity index (χ1n) is 5.05. The smallest absolute Gasteiger partial charge is 0.201 e. The number of imidazole rings is 1. The van der Waals surface area contributed by atoms with Crippen LogP contribution in [0.3, 0.4) is 0 Å². The lowest BCUT2D eigenvalue weighted by atomic mass is 10.1. The lowest BCUT2D eigenvalue weighted by Gasteiger charge is -2.16. The van der Waals surface area contributed by atoms with Gasteiger partial charge in [-0.3, -0.25) is 0 Å². The molecule has 0 amide bonds. The highest BCUT2D eigenvalue weighted by molar-refractivity contribution is 5.77. The third kappa shape index (κ3) is 2.49. The molecule has 2 rings (SSSR count). The normalized spacial score (nSPS) is 12.0. The van der Waals surface area contributed by atoms with E-state index in [1.165, 1.54) is 12.1 Å². The van der Waals surface area contributed by atoms with Crippen molar-refractivity contribution in [2.24, 2.45) is 0 Å². The van der Waals surface area contributed by atoms with Crippen LogP contribution in [0.4, 0.5) is 10.3 Å². The SMILES string of the molecule is CC(C)(O)CNc1nc2ccc(F)cc2[nH]1. The molecule has 0 aliphatic heterocycles. The van der Waals surface area contributed by atoms with E-state index in [0.717, 1.165) is 0 Å². The second-order valence-electron chi connectivity index (χ2n) is 4.41. The molecule has 1 aromatic carbocycles. The largest absolute Gasteiger partial charge is 0.389 e. The van der Waals surface area contributed by atoms with E-state index in [2.05, 4.69) is 15.3 Å². The van der Waals surface area contributed by atoms with Crippen molar-refractivity contribution in [1.82, 2.24) is 9.97 Å². The number of nitrogens with one attached hydrogen (secondary N) is 2. The van der Waals surface area contributed by atoms with Gasteiger partial charge in [0.25, 0.3) is 0 Å². The van der Waals surface area contributed by atoms with Gasteiger partial charge in [-0.1, -0.05) is 0 Å².